The lowest BCUT2D eigenvalue weighted by Crippen LogP contribution is -2.51. The van der Waals surface area contributed by atoms with E-state index in [4.69, 9.17) is 0 Å². The first-order valence-electron chi connectivity index (χ1n) is 8.18. The van der Waals surface area contributed by atoms with Gasteiger partial charge in [0.25, 0.3) is 5.91 Å². The van der Waals surface area contributed by atoms with E-state index in [1.165, 1.54) is 18.2 Å². The Labute approximate surface area is 150 Å². The number of carbonyl (C=O) groups excluding carboxylic acids is 2. The predicted octanol–water partition coefficient (Wildman–Crippen LogP) is 1.96. The van der Waals surface area contributed by atoms with Gasteiger partial charge in [-0.25, -0.2) is 4.39 Å². The van der Waals surface area contributed by atoms with Gasteiger partial charge in [-0.2, -0.15) is 0 Å². The second-order valence-electron chi connectivity index (χ2n) is 5.93. The van der Waals surface area contributed by atoms with Crippen molar-refractivity contribution < 1.29 is 14.0 Å². The molecule has 2 amide bonds. The zero-order valence-electron chi connectivity index (χ0n) is 13.8. The van der Waals surface area contributed by atoms with Crippen molar-refractivity contribution in [1.29, 1.82) is 0 Å². The van der Waals surface area contributed by atoms with Gasteiger partial charge in [-0.05, 0) is 29.6 Å². The Hall–Kier alpha value is -2.25. The summed E-state index contributed by atoms with van der Waals surface area (Å²) in [5.74, 6) is -0.591. The van der Waals surface area contributed by atoms with Crippen LogP contribution in [0.5, 0.6) is 0 Å². The standard InChI is InChI=1S/C18H20FN3O2S/c19-15-4-1-3-14(11-15)18(24)22-8-6-21(7-9-22)13-17(23)20-12-16-5-2-10-25-16/h1-5,10-11H,6-9,12-13H2,(H,20,23). The number of hydrogen-bond acceptors (Lipinski definition) is 4. The lowest BCUT2D eigenvalue weighted by atomic mass is 10.1. The molecule has 2 heterocycles. The number of hydrogen-bond donors (Lipinski definition) is 1. The van der Waals surface area contributed by atoms with E-state index in [0.29, 0.717) is 44.8 Å². The van der Waals surface area contributed by atoms with Crippen LogP contribution >= 0.6 is 11.3 Å². The van der Waals surface area contributed by atoms with Crippen molar-refractivity contribution in [3.05, 3.63) is 58.0 Å². The van der Waals surface area contributed by atoms with Crippen molar-refractivity contribution in [3.8, 4) is 0 Å². The zero-order valence-corrected chi connectivity index (χ0v) is 14.6. The minimum absolute atomic E-state index is 0.0155. The van der Waals surface area contributed by atoms with Crippen molar-refractivity contribution in [2.45, 2.75) is 6.54 Å². The summed E-state index contributed by atoms with van der Waals surface area (Å²) in [5.41, 5.74) is 0.363. The van der Waals surface area contributed by atoms with Gasteiger partial charge in [0, 0.05) is 36.6 Å². The molecule has 1 N–H and O–H groups in total. The first kappa shape index (κ1) is 17.6. The lowest BCUT2D eigenvalue weighted by molar-refractivity contribution is -0.122. The number of amides is 2. The molecule has 1 aliphatic heterocycles. The van der Waals surface area contributed by atoms with Crippen LogP contribution < -0.4 is 5.32 Å². The Kier molecular flexibility index (Phi) is 5.78. The first-order chi connectivity index (χ1) is 12.1. The summed E-state index contributed by atoms with van der Waals surface area (Å²) in [6, 6.07) is 9.69. The third-order valence-electron chi connectivity index (χ3n) is 4.14. The molecule has 0 spiro atoms. The molecule has 1 saturated heterocycles. The monoisotopic (exact) mass is 361 g/mol. The Morgan fingerprint density at radius 1 is 1.12 bits per heavy atom. The molecule has 1 aromatic carbocycles. The Morgan fingerprint density at radius 2 is 1.92 bits per heavy atom. The summed E-state index contributed by atoms with van der Waals surface area (Å²) < 4.78 is 13.3. The molecule has 2 aromatic rings. The van der Waals surface area contributed by atoms with Crippen molar-refractivity contribution in [2.24, 2.45) is 0 Å². The predicted molar refractivity (Wildman–Crippen MR) is 94.9 cm³/mol. The molecule has 3 rings (SSSR count). The van der Waals surface area contributed by atoms with Crippen LogP contribution in [0.4, 0.5) is 4.39 Å². The van der Waals surface area contributed by atoms with Gasteiger partial charge >= 0.3 is 0 Å². The van der Waals surface area contributed by atoms with Crippen molar-refractivity contribution in [3.63, 3.8) is 0 Å². The largest absolute Gasteiger partial charge is 0.350 e. The van der Waals surface area contributed by atoms with E-state index in [-0.39, 0.29) is 11.8 Å². The van der Waals surface area contributed by atoms with Crippen molar-refractivity contribution in [2.75, 3.05) is 32.7 Å². The first-order valence-corrected chi connectivity index (χ1v) is 9.06. The molecule has 5 nitrogen and oxygen atoms in total. The lowest BCUT2D eigenvalue weighted by Gasteiger charge is -2.34. The highest BCUT2D eigenvalue weighted by molar-refractivity contribution is 7.09. The van der Waals surface area contributed by atoms with Crippen LogP contribution in [0.2, 0.25) is 0 Å². The molecule has 0 atom stereocenters. The number of benzene rings is 1. The summed E-state index contributed by atoms with van der Waals surface area (Å²) >= 11 is 1.61. The SMILES string of the molecule is O=C(CN1CCN(C(=O)c2cccc(F)c2)CC1)NCc1cccs1. The highest BCUT2D eigenvalue weighted by atomic mass is 32.1. The van der Waals surface area contributed by atoms with Gasteiger partial charge in [0.15, 0.2) is 0 Å². The summed E-state index contributed by atoms with van der Waals surface area (Å²) in [4.78, 5) is 29.2. The molecule has 1 fully saturated rings. The molecule has 0 aliphatic carbocycles. The third kappa shape index (κ3) is 4.87. The Balaban J connectivity index is 1.43. The van der Waals surface area contributed by atoms with Crippen molar-refractivity contribution in [1.82, 2.24) is 15.1 Å². The summed E-state index contributed by atoms with van der Waals surface area (Å²) in [6.07, 6.45) is 0. The third-order valence-corrected chi connectivity index (χ3v) is 5.01. The van der Waals surface area contributed by atoms with Crippen LogP contribution in [0.15, 0.2) is 41.8 Å². The smallest absolute Gasteiger partial charge is 0.254 e. The van der Waals surface area contributed by atoms with E-state index < -0.39 is 5.82 Å². The van der Waals surface area contributed by atoms with E-state index in [0.717, 1.165) is 4.88 Å². The summed E-state index contributed by atoms with van der Waals surface area (Å²) in [6.45, 7) is 3.21. The number of carbonyl (C=O) groups is 2. The molecule has 0 saturated carbocycles. The van der Waals surface area contributed by atoms with E-state index in [1.807, 2.05) is 22.4 Å². The van der Waals surface area contributed by atoms with Gasteiger partial charge < -0.3 is 10.2 Å². The van der Waals surface area contributed by atoms with Crippen LogP contribution in [0, 0.1) is 5.82 Å². The molecule has 1 aliphatic rings. The normalized spacial score (nSPS) is 15.2. The Bertz CT molecular complexity index is 728. The second-order valence-corrected chi connectivity index (χ2v) is 6.97. The van der Waals surface area contributed by atoms with Gasteiger partial charge in [-0.1, -0.05) is 12.1 Å². The van der Waals surface area contributed by atoms with Crippen molar-refractivity contribution >= 4 is 23.2 Å². The van der Waals surface area contributed by atoms with Crippen LogP contribution in [0.1, 0.15) is 15.2 Å². The average Bonchev–Trinajstić information content (AvgIpc) is 3.14. The fourth-order valence-corrected chi connectivity index (χ4v) is 3.42. The summed E-state index contributed by atoms with van der Waals surface area (Å²) in [7, 11) is 0. The van der Waals surface area contributed by atoms with Gasteiger partial charge in [0.2, 0.25) is 5.91 Å². The van der Waals surface area contributed by atoms with Crippen LogP contribution in [-0.4, -0.2) is 54.3 Å². The number of nitrogens with zero attached hydrogens (tertiary/aromatic N) is 2. The molecule has 0 radical (unpaired) electrons. The number of thiophene rings is 1. The molecule has 7 heteroatoms. The molecule has 0 bridgehead atoms. The van der Waals surface area contributed by atoms with Gasteiger partial charge in [0.05, 0.1) is 13.1 Å². The summed E-state index contributed by atoms with van der Waals surface area (Å²) in [5, 5.41) is 4.89. The number of piperazine rings is 1. The molecular formula is C18H20FN3O2S. The molecule has 25 heavy (non-hydrogen) atoms. The van der Waals surface area contributed by atoms with Gasteiger partial charge in [-0.15, -0.1) is 11.3 Å². The fraction of sp³-hybridized carbons (Fsp3) is 0.333. The number of nitrogens with one attached hydrogen (secondary N) is 1. The molecule has 0 unspecified atom stereocenters. The Morgan fingerprint density at radius 3 is 2.60 bits per heavy atom. The minimum atomic E-state index is -0.410. The topological polar surface area (TPSA) is 52.7 Å². The van der Waals surface area contributed by atoms with E-state index in [2.05, 4.69) is 5.32 Å². The van der Waals surface area contributed by atoms with E-state index >= 15 is 0 Å². The van der Waals surface area contributed by atoms with Crippen LogP contribution in [-0.2, 0) is 11.3 Å². The fourth-order valence-electron chi connectivity index (χ4n) is 2.77. The molecule has 1 aromatic heterocycles. The number of halogens is 1. The van der Waals surface area contributed by atoms with Crippen LogP contribution in [0.25, 0.3) is 0 Å². The highest BCUT2D eigenvalue weighted by Crippen LogP contribution is 2.11. The van der Waals surface area contributed by atoms with Crippen LogP contribution in [0.3, 0.4) is 0 Å². The molecule has 132 valence electrons. The number of rotatable bonds is 5. The average molecular weight is 361 g/mol. The second kappa shape index (κ2) is 8.22. The minimum Gasteiger partial charge on any atom is -0.350 e. The van der Waals surface area contributed by atoms with Gasteiger partial charge in [-0.3, -0.25) is 14.5 Å². The maximum absolute atomic E-state index is 13.3. The highest BCUT2D eigenvalue weighted by Gasteiger charge is 2.23. The van der Waals surface area contributed by atoms with E-state index in [9.17, 15) is 14.0 Å². The molecular weight excluding hydrogens is 341 g/mol. The quantitative estimate of drug-likeness (QED) is 0.886. The zero-order chi connectivity index (χ0) is 17.6. The van der Waals surface area contributed by atoms with Gasteiger partial charge in [0.1, 0.15) is 5.82 Å². The maximum Gasteiger partial charge on any atom is 0.254 e. The maximum atomic E-state index is 13.3. The van der Waals surface area contributed by atoms with E-state index in [1.54, 1.807) is 22.3 Å².